The van der Waals surface area contributed by atoms with Gasteiger partial charge in [0.15, 0.2) is 6.61 Å². The van der Waals surface area contributed by atoms with Crippen LogP contribution in [0.2, 0.25) is 0 Å². The fraction of sp³-hybridized carbons (Fsp3) is 0.160. The van der Waals surface area contributed by atoms with Crippen molar-refractivity contribution in [1.29, 1.82) is 0 Å². The Balaban J connectivity index is 1.56. The minimum atomic E-state index is -0.673. The van der Waals surface area contributed by atoms with Crippen molar-refractivity contribution in [2.24, 2.45) is 5.73 Å². The van der Waals surface area contributed by atoms with Gasteiger partial charge in [-0.2, -0.15) is 0 Å². The molecule has 0 saturated carbocycles. The number of benzene rings is 3. The Morgan fingerprint density at radius 1 is 0.879 bits per heavy atom. The summed E-state index contributed by atoms with van der Waals surface area (Å²) < 4.78 is 24.0. The van der Waals surface area contributed by atoms with E-state index in [1.807, 2.05) is 30.3 Å². The molecule has 8 heteroatoms. The first kappa shape index (κ1) is 23.5. The van der Waals surface area contributed by atoms with Gasteiger partial charge in [0.2, 0.25) is 5.91 Å². The normalized spacial score (nSPS) is 10.3. The summed E-state index contributed by atoms with van der Waals surface area (Å²) in [6, 6.07) is 21.2. The summed E-state index contributed by atoms with van der Waals surface area (Å²) in [5, 5.41) is 0. The van der Waals surface area contributed by atoms with Gasteiger partial charge in [0, 0.05) is 18.7 Å². The first-order chi connectivity index (χ1) is 15.9. The first-order valence-corrected chi connectivity index (χ1v) is 10.2. The minimum Gasteiger partial charge on any atom is -0.489 e. The number of halogens is 1. The quantitative estimate of drug-likeness (QED) is 0.477. The summed E-state index contributed by atoms with van der Waals surface area (Å²) in [4.78, 5) is 37.4. The summed E-state index contributed by atoms with van der Waals surface area (Å²) in [5.74, 6) is -1.56. The average Bonchev–Trinajstić information content (AvgIpc) is 2.83. The van der Waals surface area contributed by atoms with Gasteiger partial charge in [-0.05, 0) is 54.1 Å². The van der Waals surface area contributed by atoms with Gasteiger partial charge in [0.25, 0.3) is 5.91 Å². The van der Waals surface area contributed by atoms with Crippen LogP contribution in [0.3, 0.4) is 0 Å². The molecule has 3 aromatic rings. The van der Waals surface area contributed by atoms with Crippen LogP contribution < -0.4 is 15.4 Å². The Morgan fingerprint density at radius 3 is 2.18 bits per heavy atom. The second-order valence-electron chi connectivity index (χ2n) is 7.11. The predicted molar refractivity (Wildman–Crippen MR) is 120 cm³/mol. The van der Waals surface area contributed by atoms with E-state index in [0.29, 0.717) is 12.3 Å². The molecule has 0 radical (unpaired) electrons. The van der Waals surface area contributed by atoms with Gasteiger partial charge >= 0.3 is 5.97 Å². The monoisotopic (exact) mass is 450 g/mol. The minimum absolute atomic E-state index is 0.0204. The number of anilines is 1. The molecule has 33 heavy (non-hydrogen) atoms. The number of hydrogen-bond donors (Lipinski definition) is 1. The highest BCUT2D eigenvalue weighted by molar-refractivity contribution is 5.97. The summed E-state index contributed by atoms with van der Waals surface area (Å²) in [5.41, 5.74) is 6.68. The third-order valence-corrected chi connectivity index (χ3v) is 4.69. The number of para-hydroxylation sites is 1. The maximum atomic E-state index is 13.2. The zero-order chi connectivity index (χ0) is 23.6. The highest BCUT2D eigenvalue weighted by atomic mass is 19.1. The molecular formula is C25H23FN2O5. The van der Waals surface area contributed by atoms with Crippen molar-refractivity contribution in [3.63, 3.8) is 0 Å². The van der Waals surface area contributed by atoms with E-state index in [-0.39, 0.29) is 18.5 Å². The second-order valence-corrected chi connectivity index (χ2v) is 7.11. The zero-order valence-electron chi connectivity index (χ0n) is 17.8. The SMILES string of the molecule is NC(=O)CCN(C(=O)COC(=O)c1ccc(COc2ccccc2)cc1)c1ccc(F)cc1. The molecule has 170 valence electrons. The number of esters is 1. The number of nitrogens with two attached hydrogens (primary N) is 1. The third kappa shape index (κ3) is 7.17. The lowest BCUT2D eigenvalue weighted by atomic mass is 10.1. The van der Waals surface area contributed by atoms with Crippen molar-refractivity contribution in [3.8, 4) is 5.75 Å². The van der Waals surface area contributed by atoms with E-state index in [1.54, 1.807) is 24.3 Å². The van der Waals surface area contributed by atoms with Crippen molar-refractivity contribution in [2.45, 2.75) is 13.0 Å². The van der Waals surface area contributed by atoms with Gasteiger partial charge in [-0.3, -0.25) is 9.59 Å². The fourth-order valence-electron chi connectivity index (χ4n) is 2.95. The summed E-state index contributed by atoms with van der Waals surface area (Å²) in [7, 11) is 0. The Morgan fingerprint density at radius 2 is 1.55 bits per heavy atom. The molecule has 0 fully saturated rings. The van der Waals surface area contributed by atoms with Crippen LogP contribution in [-0.4, -0.2) is 30.9 Å². The molecule has 0 aliphatic heterocycles. The molecule has 3 aromatic carbocycles. The molecule has 7 nitrogen and oxygen atoms in total. The summed E-state index contributed by atoms with van der Waals surface area (Å²) >= 11 is 0. The number of hydrogen-bond acceptors (Lipinski definition) is 5. The van der Waals surface area contributed by atoms with Crippen molar-refractivity contribution < 1.29 is 28.2 Å². The average molecular weight is 450 g/mol. The molecule has 0 aliphatic carbocycles. The molecule has 0 aliphatic rings. The van der Waals surface area contributed by atoms with Crippen LogP contribution in [0, 0.1) is 5.82 Å². The number of primary amides is 1. The lowest BCUT2D eigenvalue weighted by Crippen LogP contribution is -2.37. The Bertz CT molecular complexity index is 1090. The van der Waals surface area contributed by atoms with E-state index < -0.39 is 30.2 Å². The molecule has 0 aromatic heterocycles. The second kappa shape index (κ2) is 11.4. The van der Waals surface area contributed by atoms with Crippen LogP contribution >= 0.6 is 0 Å². The van der Waals surface area contributed by atoms with Crippen LogP contribution in [0.5, 0.6) is 5.75 Å². The lowest BCUT2D eigenvalue weighted by molar-refractivity contribution is -0.121. The van der Waals surface area contributed by atoms with Crippen LogP contribution in [0.25, 0.3) is 0 Å². The molecule has 0 heterocycles. The van der Waals surface area contributed by atoms with Gasteiger partial charge in [0.1, 0.15) is 18.2 Å². The van der Waals surface area contributed by atoms with Crippen LogP contribution in [0.15, 0.2) is 78.9 Å². The van der Waals surface area contributed by atoms with Crippen molar-refractivity contribution in [3.05, 3.63) is 95.8 Å². The number of rotatable bonds is 10. The smallest absolute Gasteiger partial charge is 0.338 e. The predicted octanol–water partition coefficient (Wildman–Crippen LogP) is 3.47. The zero-order valence-corrected chi connectivity index (χ0v) is 17.8. The first-order valence-electron chi connectivity index (χ1n) is 10.2. The topological polar surface area (TPSA) is 98.9 Å². The van der Waals surface area contributed by atoms with Crippen LogP contribution in [-0.2, 0) is 20.9 Å². The van der Waals surface area contributed by atoms with Gasteiger partial charge in [-0.15, -0.1) is 0 Å². The van der Waals surface area contributed by atoms with E-state index in [9.17, 15) is 18.8 Å². The molecule has 0 bridgehead atoms. The van der Waals surface area contributed by atoms with Crippen molar-refractivity contribution in [1.82, 2.24) is 0 Å². The van der Waals surface area contributed by atoms with Gasteiger partial charge < -0.3 is 20.1 Å². The van der Waals surface area contributed by atoms with Gasteiger partial charge in [-0.1, -0.05) is 30.3 Å². The standard InChI is InChI=1S/C25H23FN2O5/c26-20-10-12-21(13-11-20)28(15-14-23(27)29)24(30)17-33-25(31)19-8-6-18(7-9-19)16-32-22-4-2-1-3-5-22/h1-13H,14-17H2,(H2,27,29). The summed E-state index contributed by atoms with van der Waals surface area (Å²) in [6.45, 7) is -0.231. The Hall–Kier alpha value is -4.20. The highest BCUT2D eigenvalue weighted by Crippen LogP contribution is 2.16. The van der Waals surface area contributed by atoms with Gasteiger partial charge in [0.05, 0.1) is 5.56 Å². The molecular weight excluding hydrogens is 427 g/mol. The molecule has 2 amide bonds. The van der Waals surface area contributed by atoms with Crippen LogP contribution in [0.4, 0.5) is 10.1 Å². The lowest BCUT2D eigenvalue weighted by Gasteiger charge is -2.22. The molecule has 0 atom stereocenters. The number of amides is 2. The third-order valence-electron chi connectivity index (χ3n) is 4.69. The number of ether oxygens (including phenoxy) is 2. The van der Waals surface area contributed by atoms with Crippen molar-refractivity contribution in [2.75, 3.05) is 18.1 Å². The molecule has 0 unspecified atom stereocenters. The molecule has 3 rings (SSSR count). The fourth-order valence-corrected chi connectivity index (χ4v) is 2.95. The number of nitrogens with zero attached hydrogens (tertiary/aromatic N) is 1. The molecule has 2 N–H and O–H groups in total. The largest absolute Gasteiger partial charge is 0.489 e. The summed E-state index contributed by atoms with van der Waals surface area (Å²) in [6.07, 6.45) is -0.0937. The molecule has 0 spiro atoms. The number of carbonyl (C=O) groups is 3. The Labute approximate surface area is 190 Å². The highest BCUT2D eigenvalue weighted by Gasteiger charge is 2.19. The van der Waals surface area contributed by atoms with E-state index in [2.05, 4.69) is 0 Å². The van der Waals surface area contributed by atoms with Crippen molar-refractivity contribution >= 4 is 23.5 Å². The van der Waals surface area contributed by atoms with E-state index >= 15 is 0 Å². The van der Waals surface area contributed by atoms with E-state index in [0.717, 1.165) is 11.3 Å². The van der Waals surface area contributed by atoms with Crippen LogP contribution in [0.1, 0.15) is 22.3 Å². The van der Waals surface area contributed by atoms with E-state index in [1.165, 1.54) is 29.2 Å². The molecule has 0 saturated heterocycles. The number of carbonyl (C=O) groups excluding carboxylic acids is 3. The Kier molecular flexibility index (Phi) is 8.13. The van der Waals surface area contributed by atoms with E-state index in [4.69, 9.17) is 15.2 Å². The maximum Gasteiger partial charge on any atom is 0.338 e. The van der Waals surface area contributed by atoms with Gasteiger partial charge in [-0.25, -0.2) is 9.18 Å². The maximum absolute atomic E-state index is 13.2.